The first-order valence-electron chi connectivity index (χ1n) is 5.58. The lowest BCUT2D eigenvalue weighted by molar-refractivity contribution is -0.137. The fraction of sp³-hybridized carbons (Fsp3) is 0.727. The summed E-state index contributed by atoms with van der Waals surface area (Å²) in [6, 6.07) is -0.512. The summed E-state index contributed by atoms with van der Waals surface area (Å²) >= 11 is 0. The number of amides is 1. The number of hydrogen-bond acceptors (Lipinski definition) is 4. The van der Waals surface area contributed by atoms with Crippen LogP contribution in [-0.4, -0.2) is 41.4 Å². The Balaban J connectivity index is 4.28. The van der Waals surface area contributed by atoms with Crippen molar-refractivity contribution in [3.63, 3.8) is 0 Å². The third-order valence-electron chi connectivity index (χ3n) is 2.01. The largest absolute Gasteiger partial charge is 0.481 e. The molecule has 0 saturated heterocycles. The molecule has 0 aliphatic rings. The van der Waals surface area contributed by atoms with Crippen molar-refractivity contribution < 1.29 is 19.5 Å². The monoisotopic (exact) mass is 244 g/mol. The fourth-order valence-electron chi connectivity index (χ4n) is 1.30. The van der Waals surface area contributed by atoms with E-state index in [4.69, 9.17) is 5.11 Å². The summed E-state index contributed by atoms with van der Waals surface area (Å²) in [5.41, 5.74) is 0. The molecule has 0 radical (unpaired) electrons. The Morgan fingerprint density at radius 3 is 2.24 bits per heavy atom. The Labute approximate surface area is 101 Å². The molecule has 0 aromatic heterocycles. The van der Waals surface area contributed by atoms with E-state index in [1.54, 1.807) is 0 Å². The SMILES string of the molecule is CC(=O)CNC(=O)C(CCC(=O)O)NC(C)C. The number of rotatable bonds is 8. The first kappa shape index (κ1) is 15.6. The van der Waals surface area contributed by atoms with E-state index in [0.717, 1.165) is 0 Å². The number of nitrogens with one attached hydrogen (secondary N) is 2. The van der Waals surface area contributed by atoms with Gasteiger partial charge in [-0.1, -0.05) is 13.8 Å². The number of carboxylic acid groups (broad SMARTS) is 1. The molecule has 0 aromatic rings. The lowest BCUT2D eigenvalue weighted by Gasteiger charge is -2.19. The molecule has 0 heterocycles. The zero-order valence-electron chi connectivity index (χ0n) is 10.4. The van der Waals surface area contributed by atoms with Gasteiger partial charge in [-0.05, 0) is 13.3 Å². The number of carboxylic acids is 1. The number of aliphatic carboxylic acids is 1. The van der Waals surface area contributed by atoms with Crippen LogP contribution in [-0.2, 0) is 14.4 Å². The molecule has 0 fully saturated rings. The van der Waals surface area contributed by atoms with Crippen LogP contribution in [0.3, 0.4) is 0 Å². The molecule has 6 nitrogen and oxygen atoms in total. The van der Waals surface area contributed by atoms with Gasteiger partial charge in [0.2, 0.25) is 5.91 Å². The van der Waals surface area contributed by atoms with E-state index in [2.05, 4.69) is 10.6 Å². The van der Waals surface area contributed by atoms with Crippen LogP contribution in [0.2, 0.25) is 0 Å². The molecule has 6 heteroatoms. The van der Waals surface area contributed by atoms with Gasteiger partial charge in [0.15, 0.2) is 0 Å². The van der Waals surface area contributed by atoms with Gasteiger partial charge in [0.05, 0.1) is 12.6 Å². The van der Waals surface area contributed by atoms with Gasteiger partial charge in [0.25, 0.3) is 0 Å². The standard InChI is InChI=1S/C11H20N2O4/c1-7(2)13-9(4-5-10(15)16)11(17)12-6-8(3)14/h7,9,13H,4-6H2,1-3H3,(H,12,17)(H,15,16). The lowest BCUT2D eigenvalue weighted by atomic mass is 10.1. The summed E-state index contributed by atoms with van der Waals surface area (Å²) in [6.45, 7) is 5.09. The zero-order chi connectivity index (χ0) is 13.4. The molecule has 1 atom stereocenters. The van der Waals surface area contributed by atoms with Crippen LogP contribution in [0.5, 0.6) is 0 Å². The van der Waals surface area contributed by atoms with Crippen LogP contribution in [0.1, 0.15) is 33.6 Å². The molecular weight excluding hydrogens is 224 g/mol. The molecule has 3 N–H and O–H groups in total. The normalized spacial score (nSPS) is 12.2. The van der Waals surface area contributed by atoms with E-state index in [0.29, 0.717) is 0 Å². The van der Waals surface area contributed by atoms with Crippen molar-refractivity contribution in [2.24, 2.45) is 0 Å². The summed E-state index contributed by atoms with van der Waals surface area (Å²) in [6.07, 6.45) is 0.120. The lowest BCUT2D eigenvalue weighted by Crippen LogP contribution is -2.48. The maximum atomic E-state index is 11.7. The topological polar surface area (TPSA) is 95.5 Å². The second-order valence-electron chi connectivity index (χ2n) is 4.23. The highest BCUT2D eigenvalue weighted by atomic mass is 16.4. The number of carbonyl (C=O) groups is 3. The van der Waals surface area contributed by atoms with E-state index >= 15 is 0 Å². The highest BCUT2D eigenvalue weighted by molar-refractivity contribution is 5.87. The minimum atomic E-state index is -0.945. The summed E-state index contributed by atoms with van der Waals surface area (Å²) < 4.78 is 0. The maximum Gasteiger partial charge on any atom is 0.303 e. The van der Waals surface area contributed by atoms with E-state index in [1.807, 2.05) is 13.8 Å². The Hall–Kier alpha value is -1.43. The van der Waals surface area contributed by atoms with Gasteiger partial charge in [0, 0.05) is 12.5 Å². The molecule has 98 valence electrons. The molecule has 0 aliphatic carbocycles. The molecule has 0 rings (SSSR count). The van der Waals surface area contributed by atoms with E-state index in [1.165, 1.54) is 6.92 Å². The molecule has 0 aromatic carbocycles. The summed E-state index contributed by atoms with van der Waals surface area (Å²) in [4.78, 5) is 32.9. The number of Topliss-reactive ketones (excluding diaryl/α,β-unsaturated/α-hetero) is 1. The first-order valence-corrected chi connectivity index (χ1v) is 5.58. The Kier molecular flexibility index (Phi) is 7.13. The first-order chi connectivity index (χ1) is 7.82. The van der Waals surface area contributed by atoms with Crippen LogP contribution < -0.4 is 10.6 Å². The van der Waals surface area contributed by atoms with Gasteiger partial charge in [-0.15, -0.1) is 0 Å². The van der Waals surface area contributed by atoms with Gasteiger partial charge in [-0.3, -0.25) is 14.4 Å². The van der Waals surface area contributed by atoms with Crippen molar-refractivity contribution in [2.45, 2.75) is 45.7 Å². The smallest absolute Gasteiger partial charge is 0.303 e. The predicted octanol–water partition coefficient (Wildman–Crippen LogP) is -0.0770. The van der Waals surface area contributed by atoms with Crippen molar-refractivity contribution in [3.8, 4) is 0 Å². The molecule has 17 heavy (non-hydrogen) atoms. The molecule has 0 bridgehead atoms. The molecule has 0 spiro atoms. The second-order valence-corrected chi connectivity index (χ2v) is 4.23. The maximum absolute atomic E-state index is 11.7. The van der Waals surface area contributed by atoms with Crippen molar-refractivity contribution in [1.29, 1.82) is 0 Å². The average molecular weight is 244 g/mol. The minimum Gasteiger partial charge on any atom is -0.481 e. The van der Waals surface area contributed by atoms with E-state index in [9.17, 15) is 14.4 Å². The molecule has 0 saturated carbocycles. The summed E-state index contributed by atoms with van der Waals surface area (Å²) in [5, 5.41) is 14.0. The summed E-state index contributed by atoms with van der Waals surface area (Å²) in [7, 11) is 0. The third kappa shape index (κ3) is 8.38. The van der Waals surface area contributed by atoms with Crippen molar-refractivity contribution >= 4 is 17.7 Å². The van der Waals surface area contributed by atoms with Crippen LogP contribution >= 0.6 is 0 Å². The Morgan fingerprint density at radius 2 is 1.82 bits per heavy atom. The van der Waals surface area contributed by atoms with Gasteiger partial charge >= 0.3 is 5.97 Å². The van der Waals surface area contributed by atoms with Crippen molar-refractivity contribution in [1.82, 2.24) is 10.6 Å². The van der Waals surface area contributed by atoms with Gasteiger partial charge in [-0.2, -0.15) is 0 Å². The van der Waals surface area contributed by atoms with Crippen LogP contribution in [0, 0.1) is 0 Å². The van der Waals surface area contributed by atoms with Crippen LogP contribution in [0.15, 0.2) is 0 Å². The van der Waals surface area contributed by atoms with E-state index < -0.39 is 12.0 Å². The second kappa shape index (κ2) is 7.78. The molecular formula is C11H20N2O4. The highest BCUT2D eigenvalue weighted by Crippen LogP contribution is 1.99. The average Bonchev–Trinajstić information content (AvgIpc) is 2.19. The minimum absolute atomic E-state index is 0.0256. The van der Waals surface area contributed by atoms with Crippen molar-refractivity contribution in [3.05, 3.63) is 0 Å². The van der Waals surface area contributed by atoms with Gasteiger partial charge in [0.1, 0.15) is 5.78 Å². The van der Waals surface area contributed by atoms with E-state index in [-0.39, 0.29) is 37.1 Å². The number of carbonyl (C=O) groups excluding carboxylic acids is 2. The highest BCUT2D eigenvalue weighted by Gasteiger charge is 2.19. The summed E-state index contributed by atoms with van der Waals surface area (Å²) in [5.74, 6) is -1.42. The zero-order valence-corrected chi connectivity index (χ0v) is 10.4. The number of hydrogen-bond donors (Lipinski definition) is 3. The van der Waals surface area contributed by atoms with Gasteiger partial charge in [-0.25, -0.2) is 0 Å². The van der Waals surface area contributed by atoms with Crippen molar-refractivity contribution in [2.75, 3.05) is 6.54 Å². The molecule has 0 aliphatic heterocycles. The fourth-order valence-corrected chi connectivity index (χ4v) is 1.30. The van der Waals surface area contributed by atoms with Crippen LogP contribution in [0.4, 0.5) is 0 Å². The Bertz CT molecular complexity index is 289. The van der Waals surface area contributed by atoms with Crippen LogP contribution in [0.25, 0.3) is 0 Å². The van der Waals surface area contributed by atoms with Gasteiger partial charge < -0.3 is 15.7 Å². The third-order valence-corrected chi connectivity index (χ3v) is 2.01. The molecule has 1 amide bonds. The quantitative estimate of drug-likeness (QED) is 0.555. The Morgan fingerprint density at radius 1 is 1.24 bits per heavy atom. The molecule has 1 unspecified atom stereocenters. The predicted molar refractivity (Wildman–Crippen MR) is 62.6 cm³/mol. The number of ketones is 1.